The lowest BCUT2D eigenvalue weighted by molar-refractivity contribution is 0.0675. The summed E-state index contributed by atoms with van der Waals surface area (Å²) < 4.78 is 1.99. The van der Waals surface area contributed by atoms with E-state index < -0.39 is 0 Å². The van der Waals surface area contributed by atoms with Crippen LogP contribution in [0.1, 0.15) is 47.9 Å². The largest absolute Gasteiger partial charge is 0.337 e. The van der Waals surface area contributed by atoms with Gasteiger partial charge in [0.15, 0.2) is 5.69 Å². The molecule has 0 spiro atoms. The van der Waals surface area contributed by atoms with Crippen LogP contribution < -0.4 is 0 Å². The van der Waals surface area contributed by atoms with Crippen molar-refractivity contribution in [1.29, 1.82) is 0 Å². The Bertz CT molecular complexity index is 720. The smallest absolute Gasteiger partial charge is 0.274 e. The number of nitrogens with zero attached hydrogens (tertiary/aromatic N) is 3. The van der Waals surface area contributed by atoms with Crippen LogP contribution in [0.4, 0.5) is 0 Å². The van der Waals surface area contributed by atoms with Gasteiger partial charge < -0.3 is 4.90 Å². The van der Waals surface area contributed by atoms with Crippen LogP contribution >= 0.6 is 0 Å². The average Bonchev–Trinajstić information content (AvgIpc) is 3.17. The van der Waals surface area contributed by atoms with E-state index in [-0.39, 0.29) is 5.91 Å². The fourth-order valence-electron chi connectivity index (χ4n) is 3.92. The van der Waals surface area contributed by atoms with E-state index in [0.717, 1.165) is 44.5 Å². The number of fused-ring (bicyclic) bond motifs is 1. The lowest BCUT2D eigenvalue weighted by Crippen LogP contribution is -2.39. The second-order valence-electron chi connectivity index (χ2n) is 6.87. The molecule has 4 heteroatoms. The number of aromatic nitrogens is 2. The Labute approximate surface area is 137 Å². The van der Waals surface area contributed by atoms with Gasteiger partial charge in [0, 0.05) is 24.3 Å². The third kappa shape index (κ3) is 2.56. The van der Waals surface area contributed by atoms with Crippen LogP contribution in [-0.2, 0) is 12.8 Å². The van der Waals surface area contributed by atoms with Crippen molar-refractivity contribution in [3.63, 3.8) is 0 Å². The number of likely N-dealkylation sites (tertiary alicyclic amines) is 1. The fourth-order valence-corrected chi connectivity index (χ4v) is 3.92. The number of hydrogen-bond acceptors (Lipinski definition) is 2. The van der Waals surface area contributed by atoms with Crippen molar-refractivity contribution in [3.05, 3.63) is 47.3 Å². The quantitative estimate of drug-likeness (QED) is 0.854. The molecule has 2 heterocycles. The molecule has 4 nitrogen and oxygen atoms in total. The molecule has 23 heavy (non-hydrogen) atoms. The third-order valence-corrected chi connectivity index (χ3v) is 5.08. The molecule has 0 radical (unpaired) electrons. The van der Waals surface area contributed by atoms with Crippen LogP contribution in [0.2, 0.25) is 0 Å². The molecule has 1 unspecified atom stereocenters. The second-order valence-corrected chi connectivity index (χ2v) is 6.87. The zero-order chi connectivity index (χ0) is 15.8. The van der Waals surface area contributed by atoms with Gasteiger partial charge in [-0.25, -0.2) is 4.68 Å². The summed E-state index contributed by atoms with van der Waals surface area (Å²) in [6, 6.07) is 10.2. The second kappa shape index (κ2) is 5.84. The molecule has 2 aliphatic rings. The maximum Gasteiger partial charge on any atom is 0.274 e. The van der Waals surface area contributed by atoms with Crippen molar-refractivity contribution in [3.8, 4) is 5.69 Å². The van der Waals surface area contributed by atoms with Gasteiger partial charge in [-0.2, -0.15) is 5.10 Å². The summed E-state index contributed by atoms with van der Waals surface area (Å²) in [7, 11) is 0. The van der Waals surface area contributed by atoms with Crippen molar-refractivity contribution in [2.45, 2.75) is 39.0 Å². The Hall–Kier alpha value is -2.10. The summed E-state index contributed by atoms with van der Waals surface area (Å²) in [5.41, 5.74) is 4.15. The van der Waals surface area contributed by atoms with E-state index in [9.17, 15) is 4.79 Å². The Morgan fingerprint density at radius 1 is 1.17 bits per heavy atom. The standard InChI is InChI=1S/C19H23N3O/c1-14-7-6-12-21(13-14)19(23)18-16-10-5-11-17(16)22(20-18)15-8-3-2-4-9-15/h2-4,8-9,14H,5-7,10-13H2,1H3. The zero-order valence-electron chi connectivity index (χ0n) is 13.7. The molecule has 0 saturated carbocycles. The number of carbonyl (C=O) groups excluding carboxylic acids is 1. The van der Waals surface area contributed by atoms with E-state index >= 15 is 0 Å². The first-order chi connectivity index (χ1) is 11.2. The molecule has 1 aliphatic heterocycles. The molecule has 120 valence electrons. The molecule has 0 bridgehead atoms. The number of piperidine rings is 1. The molecule has 1 atom stereocenters. The van der Waals surface area contributed by atoms with Gasteiger partial charge in [0.1, 0.15) is 0 Å². The summed E-state index contributed by atoms with van der Waals surface area (Å²) in [6.45, 7) is 3.97. The van der Waals surface area contributed by atoms with E-state index in [1.807, 2.05) is 27.8 Å². The summed E-state index contributed by atoms with van der Waals surface area (Å²) in [4.78, 5) is 15.0. The minimum atomic E-state index is 0.129. The molecule has 1 saturated heterocycles. The van der Waals surface area contributed by atoms with Crippen LogP contribution in [-0.4, -0.2) is 33.7 Å². The average molecular weight is 309 g/mol. The molecular weight excluding hydrogens is 286 g/mol. The van der Waals surface area contributed by atoms with Gasteiger partial charge in [-0.05, 0) is 50.2 Å². The maximum absolute atomic E-state index is 13.0. The van der Waals surface area contributed by atoms with Crippen LogP contribution in [0.3, 0.4) is 0 Å². The van der Waals surface area contributed by atoms with Gasteiger partial charge in [0.25, 0.3) is 5.91 Å². The highest BCUT2D eigenvalue weighted by molar-refractivity contribution is 5.94. The summed E-state index contributed by atoms with van der Waals surface area (Å²) in [6.07, 6.45) is 5.44. The maximum atomic E-state index is 13.0. The molecular formula is C19H23N3O. The molecule has 1 amide bonds. The highest BCUT2D eigenvalue weighted by Crippen LogP contribution is 2.29. The minimum Gasteiger partial charge on any atom is -0.337 e. The van der Waals surface area contributed by atoms with Crippen LogP contribution in [0.5, 0.6) is 0 Å². The normalized spacial score (nSPS) is 20.6. The first kappa shape index (κ1) is 14.5. The third-order valence-electron chi connectivity index (χ3n) is 5.08. The molecule has 1 aromatic carbocycles. The number of para-hydroxylation sites is 1. The highest BCUT2D eigenvalue weighted by atomic mass is 16.2. The minimum absolute atomic E-state index is 0.129. The van der Waals surface area contributed by atoms with E-state index in [4.69, 9.17) is 5.10 Å². The number of rotatable bonds is 2. The van der Waals surface area contributed by atoms with Crippen molar-refractivity contribution in [2.75, 3.05) is 13.1 Å². The van der Waals surface area contributed by atoms with Crippen LogP contribution in [0, 0.1) is 5.92 Å². The van der Waals surface area contributed by atoms with Crippen molar-refractivity contribution >= 4 is 5.91 Å². The van der Waals surface area contributed by atoms with Gasteiger partial charge in [0.05, 0.1) is 5.69 Å². The highest BCUT2D eigenvalue weighted by Gasteiger charge is 2.31. The van der Waals surface area contributed by atoms with Crippen LogP contribution in [0.25, 0.3) is 5.69 Å². The van der Waals surface area contributed by atoms with E-state index in [0.29, 0.717) is 11.6 Å². The molecule has 1 aliphatic carbocycles. The summed E-state index contributed by atoms with van der Waals surface area (Å²) >= 11 is 0. The van der Waals surface area contributed by atoms with Crippen molar-refractivity contribution < 1.29 is 4.79 Å². The first-order valence-electron chi connectivity index (χ1n) is 8.69. The molecule has 1 fully saturated rings. The monoisotopic (exact) mass is 309 g/mol. The van der Waals surface area contributed by atoms with Gasteiger partial charge >= 0.3 is 0 Å². The Balaban J connectivity index is 1.71. The van der Waals surface area contributed by atoms with Crippen molar-refractivity contribution in [1.82, 2.24) is 14.7 Å². The van der Waals surface area contributed by atoms with Gasteiger partial charge in [-0.15, -0.1) is 0 Å². The molecule has 1 aromatic heterocycles. The topological polar surface area (TPSA) is 38.1 Å². The van der Waals surface area contributed by atoms with Gasteiger partial charge in [-0.1, -0.05) is 25.1 Å². The van der Waals surface area contributed by atoms with E-state index in [2.05, 4.69) is 19.1 Å². The predicted octanol–water partition coefficient (Wildman–Crippen LogP) is 3.23. The Kier molecular flexibility index (Phi) is 3.68. The van der Waals surface area contributed by atoms with E-state index in [1.54, 1.807) is 0 Å². The van der Waals surface area contributed by atoms with E-state index in [1.165, 1.54) is 17.7 Å². The summed E-state index contributed by atoms with van der Waals surface area (Å²) in [5, 5.41) is 4.73. The fraction of sp³-hybridized carbons (Fsp3) is 0.474. The molecule has 2 aromatic rings. The zero-order valence-corrected chi connectivity index (χ0v) is 13.7. The lowest BCUT2D eigenvalue weighted by Gasteiger charge is -2.30. The lowest BCUT2D eigenvalue weighted by atomic mass is 10.00. The number of amides is 1. The van der Waals surface area contributed by atoms with Gasteiger partial charge in [-0.3, -0.25) is 4.79 Å². The van der Waals surface area contributed by atoms with Crippen molar-refractivity contribution in [2.24, 2.45) is 5.92 Å². The van der Waals surface area contributed by atoms with Gasteiger partial charge in [0.2, 0.25) is 0 Å². The molecule has 4 rings (SSSR count). The predicted molar refractivity (Wildman–Crippen MR) is 89.9 cm³/mol. The number of hydrogen-bond donors (Lipinski definition) is 0. The Morgan fingerprint density at radius 2 is 2.00 bits per heavy atom. The first-order valence-corrected chi connectivity index (χ1v) is 8.69. The SMILES string of the molecule is CC1CCCN(C(=O)c2nn(-c3ccccc3)c3c2CCC3)C1. The van der Waals surface area contributed by atoms with Crippen LogP contribution in [0.15, 0.2) is 30.3 Å². The Morgan fingerprint density at radius 3 is 2.78 bits per heavy atom. The molecule has 0 N–H and O–H groups in total. The number of carbonyl (C=O) groups is 1. The summed E-state index contributed by atoms with van der Waals surface area (Å²) in [5.74, 6) is 0.723. The number of benzene rings is 1.